The molecule has 116 valence electrons. The summed E-state index contributed by atoms with van der Waals surface area (Å²) in [4.78, 5) is 11.9. The van der Waals surface area contributed by atoms with Gasteiger partial charge in [0.15, 0.2) is 16.4 Å². The lowest BCUT2D eigenvalue weighted by molar-refractivity contribution is -0.123. The molecule has 0 aliphatic heterocycles. The van der Waals surface area contributed by atoms with E-state index in [0.717, 1.165) is 11.8 Å². The zero-order valence-electron chi connectivity index (χ0n) is 12.2. The Bertz CT molecular complexity index is 725. The average molecular weight is 319 g/mol. The van der Waals surface area contributed by atoms with Gasteiger partial charge in [-0.05, 0) is 29.8 Å². The molecule has 6 heteroatoms. The van der Waals surface area contributed by atoms with Gasteiger partial charge in [0.05, 0.1) is 4.90 Å². The van der Waals surface area contributed by atoms with E-state index >= 15 is 0 Å². The molecule has 0 unspecified atom stereocenters. The fraction of sp³-hybridized carbons (Fsp3) is 0.188. The number of hydrogen-bond donors (Lipinski definition) is 1. The van der Waals surface area contributed by atoms with Gasteiger partial charge in [0.1, 0.15) is 5.75 Å². The molecule has 0 saturated heterocycles. The number of ether oxygens (including phenoxy) is 1. The number of rotatable bonds is 6. The van der Waals surface area contributed by atoms with Crippen molar-refractivity contribution in [1.82, 2.24) is 5.32 Å². The SMILES string of the molecule is CS(=O)(=O)c1ccc(CNC(=O)COc2ccccc2)cc1. The molecular formula is C16H17NO4S. The third kappa shape index (κ3) is 4.89. The minimum Gasteiger partial charge on any atom is -0.484 e. The highest BCUT2D eigenvalue weighted by atomic mass is 32.2. The molecule has 0 radical (unpaired) electrons. The van der Waals surface area contributed by atoms with Gasteiger partial charge >= 0.3 is 0 Å². The monoisotopic (exact) mass is 319 g/mol. The Balaban J connectivity index is 1.81. The summed E-state index contributed by atoms with van der Waals surface area (Å²) in [5, 5.41) is 2.71. The van der Waals surface area contributed by atoms with Gasteiger partial charge in [-0.3, -0.25) is 4.79 Å². The molecule has 0 fully saturated rings. The summed E-state index contributed by atoms with van der Waals surface area (Å²) in [5.41, 5.74) is 0.820. The van der Waals surface area contributed by atoms with Crippen LogP contribution in [0.3, 0.4) is 0 Å². The molecule has 22 heavy (non-hydrogen) atoms. The molecule has 0 heterocycles. The van der Waals surface area contributed by atoms with Crippen LogP contribution < -0.4 is 10.1 Å². The van der Waals surface area contributed by atoms with Crippen molar-refractivity contribution >= 4 is 15.7 Å². The smallest absolute Gasteiger partial charge is 0.258 e. The average Bonchev–Trinajstić information content (AvgIpc) is 2.51. The third-order valence-corrected chi connectivity index (χ3v) is 4.08. The van der Waals surface area contributed by atoms with Gasteiger partial charge in [-0.25, -0.2) is 8.42 Å². The molecular weight excluding hydrogens is 302 g/mol. The second-order valence-electron chi connectivity index (χ2n) is 4.79. The third-order valence-electron chi connectivity index (χ3n) is 2.95. The van der Waals surface area contributed by atoms with Crippen LogP contribution in [0, 0.1) is 0 Å². The van der Waals surface area contributed by atoms with E-state index < -0.39 is 9.84 Å². The van der Waals surface area contributed by atoms with Crippen LogP contribution in [0.15, 0.2) is 59.5 Å². The molecule has 0 aliphatic rings. The van der Waals surface area contributed by atoms with Crippen LogP contribution in [-0.4, -0.2) is 27.2 Å². The molecule has 5 nitrogen and oxygen atoms in total. The summed E-state index contributed by atoms with van der Waals surface area (Å²) in [6.45, 7) is 0.256. The molecule has 0 saturated carbocycles. The molecule has 0 aliphatic carbocycles. The van der Waals surface area contributed by atoms with E-state index in [1.165, 1.54) is 12.1 Å². The first kappa shape index (κ1) is 16.0. The maximum Gasteiger partial charge on any atom is 0.258 e. The zero-order valence-corrected chi connectivity index (χ0v) is 13.0. The first-order valence-corrected chi connectivity index (χ1v) is 8.58. The van der Waals surface area contributed by atoms with Crippen molar-refractivity contribution in [1.29, 1.82) is 0 Å². The molecule has 0 spiro atoms. The van der Waals surface area contributed by atoms with Crippen molar-refractivity contribution in [2.45, 2.75) is 11.4 Å². The number of benzene rings is 2. The Kier molecular flexibility index (Phi) is 5.16. The van der Waals surface area contributed by atoms with E-state index in [0.29, 0.717) is 12.3 Å². The van der Waals surface area contributed by atoms with Crippen LogP contribution >= 0.6 is 0 Å². The molecule has 2 aromatic carbocycles. The number of nitrogens with one attached hydrogen (secondary N) is 1. The number of amides is 1. The first-order chi connectivity index (χ1) is 10.4. The Morgan fingerprint density at radius 2 is 1.68 bits per heavy atom. The molecule has 2 aromatic rings. The topological polar surface area (TPSA) is 72.5 Å². The lowest BCUT2D eigenvalue weighted by Crippen LogP contribution is -2.28. The summed E-state index contributed by atoms with van der Waals surface area (Å²) in [5.74, 6) is 0.395. The van der Waals surface area contributed by atoms with E-state index in [4.69, 9.17) is 4.74 Å². The van der Waals surface area contributed by atoms with Crippen molar-refractivity contribution in [3.63, 3.8) is 0 Å². The lowest BCUT2D eigenvalue weighted by atomic mass is 10.2. The Morgan fingerprint density at radius 1 is 1.05 bits per heavy atom. The molecule has 0 bridgehead atoms. The molecule has 1 amide bonds. The van der Waals surface area contributed by atoms with Gasteiger partial charge in [-0.15, -0.1) is 0 Å². The number of sulfone groups is 1. The summed E-state index contributed by atoms with van der Waals surface area (Å²) in [6, 6.07) is 15.5. The molecule has 2 rings (SSSR count). The quantitative estimate of drug-likeness (QED) is 0.881. The maximum atomic E-state index is 11.7. The summed E-state index contributed by atoms with van der Waals surface area (Å²) in [7, 11) is -3.20. The molecule has 1 N–H and O–H groups in total. The number of hydrogen-bond acceptors (Lipinski definition) is 4. The predicted octanol–water partition coefficient (Wildman–Crippen LogP) is 1.79. The van der Waals surface area contributed by atoms with E-state index in [9.17, 15) is 13.2 Å². The van der Waals surface area contributed by atoms with E-state index in [2.05, 4.69) is 5.32 Å². The van der Waals surface area contributed by atoms with Crippen LogP contribution in [0.2, 0.25) is 0 Å². The summed E-state index contributed by atoms with van der Waals surface area (Å²) in [6.07, 6.45) is 1.16. The van der Waals surface area contributed by atoms with Crippen LogP contribution in [0.25, 0.3) is 0 Å². The normalized spacial score (nSPS) is 11.0. The predicted molar refractivity (Wildman–Crippen MR) is 83.3 cm³/mol. The van der Waals surface area contributed by atoms with Crippen LogP contribution in [-0.2, 0) is 21.2 Å². The van der Waals surface area contributed by atoms with Gasteiger partial charge < -0.3 is 10.1 Å². The number of carbonyl (C=O) groups is 1. The van der Waals surface area contributed by atoms with Crippen molar-refractivity contribution < 1.29 is 17.9 Å². The zero-order chi connectivity index (χ0) is 16.0. The highest BCUT2D eigenvalue weighted by Crippen LogP contribution is 2.10. The van der Waals surface area contributed by atoms with Gasteiger partial charge in [-0.2, -0.15) is 0 Å². The number of para-hydroxylation sites is 1. The highest BCUT2D eigenvalue weighted by Gasteiger charge is 2.07. The van der Waals surface area contributed by atoms with Crippen LogP contribution in [0.4, 0.5) is 0 Å². The largest absolute Gasteiger partial charge is 0.484 e. The lowest BCUT2D eigenvalue weighted by Gasteiger charge is -2.08. The standard InChI is InChI=1S/C16H17NO4S/c1-22(19,20)15-9-7-13(8-10-15)11-17-16(18)12-21-14-5-3-2-4-6-14/h2-10H,11-12H2,1H3,(H,17,18). The first-order valence-electron chi connectivity index (χ1n) is 6.69. The van der Waals surface area contributed by atoms with Gasteiger partial charge in [0.2, 0.25) is 0 Å². The maximum absolute atomic E-state index is 11.7. The second-order valence-corrected chi connectivity index (χ2v) is 6.81. The Labute approximate surface area is 129 Å². The Hall–Kier alpha value is -2.34. The highest BCUT2D eigenvalue weighted by molar-refractivity contribution is 7.90. The van der Waals surface area contributed by atoms with Crippen LogP contribution in [0.5, 0.6) is 5.75 Å². The van der Waals surface area contributed by atoms with Crippen molar-refractivity contribution in [3.8, 4) is 5.75 Å². The minimum absolute atomic E-state index is 0.0641. The minimum atomic E-state index is -3.20. The van der Waals surface area contributed by atoms with Gasteiger partial charge in [0.25, 0.3) is 5.91 Å². The van der Waals surface area contributed by atoms with E-state index in [-0.39, 0.29) is 17.4 Å². The summed E-state index contributed by atoms with van der Waals surface area (Å²) < 4.78 is 28.0. The van der Waals surface area contributed by atoms with Gasteiger partial charge in [0, 0.05) is 12.8 Å². The fourth-order valence-corrected chi connectivity index (χ4v) is 2.40. The number of carbonyl (C=O) groups excluding carboxylic acids is 1. The molecule has 0 atom stereocenters. The van der Waals surface area contributed by atoms with E-state index in [1.807, 2.05) is 18.2 Å². The van der Waals surface area contributed by atoms with Crippen molar-refractivity contribution in [2.75, 3.05) is 12.9 Å². The fourth-order valence-electron chi connectivity index (χ4n) is 1.77. The Morgan fingerprint density at radius 3 is 2.27 bits per heavy atom. The summed E-state index contributed by atoms with van der Waals surface area (Å²) >= 11 is 0. The van der Waals surface area contributed by atoms with Crippen molar-refractivity contribution in [3.05, 3.63) is 60.2 Å². The van der Waals surface area contributed by atoms with Crippen molar-refractivity contribution in [2.24, 2.45) is 0 Å². The van der Waals surface area contributed by atoms with E-state index in [1.54, 1.807) is 24.3 Å². The van der Waals surface area contributed by atoms with Crippen LogP contribution in [0.1, 0.15) is 5.56 Å². The molecule has 0 aromatic heterocycles. The second kappa shape index (κ2) is 7.09. The van der Waals surface area contributed by atoms with Gasteiger partial charge in [-0.1, -0.05) is 30.3 Å².